The number of aromatic nitrogens is 2. The molecule has 5 heteroatoms. The fraction of sp³-hybridized carbons (Fsp3) is 0.667. The summed E-state index contributed by atoms with van der Waals surface area (Å²) in [4.78, 5) is 13.6. The number of carbonyl (C=O) groups is 1. The number of ether oxygens (including phenoxy) is 1. The standard InChI is InChI=1S/C12H19N3O2/c1-12(10-3-6-13-14-10)4-7-15(8-5-12)11(16)9-17-2/h3,6H,4-5,7-9H2,1-2H3,(H,13,14). The summed E-state index contributed by atoms with van der Waals surface area (Å²) in [6.07, 6.45) is 3.71. The Hall–Kier alpha value is -1.36. The Kier molecular flexibility index (Phi) is 3.47. The molecule has 2 heterocycles. The van der Waals surface area contributed by atoms with Crippen LogP contribution in [-0.2, 0) is 14.9 Å². The number of rotatable bonds is 3. The van der Waals surface area contributed by atoms with Gasteiger partial charge in [-0.15, -0.1) is 0 Å². The quantitative estimate of drug-likeness (QED) is 0.851. The van der Waals surface area contributed by atoms with Crippen LogP contribution in [0.2, 0.25) is 0 Å². The Morgan fingerprint density at radius 3 is 2.82 bits per heavy atom. The third-order valence-corrected chi connectivity index (χ3v) is 3.64. The predicted molar refractivity (Wildman–Crippen MR) is 63.6 cm³/mol. The Labute approximate surface area is 101 Å². The fourth-order valence-electron chi connectivity index (χ4n) is 2.33. The molecule has 0 aliphatic carbocycles. The van der Waals surface area contributed by atoms with Gasteiger partial charge in [-0.3, -0.25) is 9.89 Å². The maximum Gasteiger partial charge on any atom is 0.248 e. The lowest BCUT2D eigenvalue weighted by atomic mass is 9.77. The smallest absolute Gasteiger partial charge is 0.248 e. The van der Waals surface area contributed by atoms with E-state index in [0.29, 0.717) is 0 Å². The Morgan fingerprint density at radius 1 is 1.59 bits per heavy atom. The summed E-state index contributed by atoms with van der Waals surface area (Å²) >= 11 is 0. The second kappa shape index (κ2) is 4.87. The van der Waals surface area contributed by atoms with E-state index in [1.807, 2.05) is 11.0 Å². The van der Waals surface area contributed by atoms with Gasteiger partial charge < -0.3 is 9.64 Å². The molecule has 1 aromatic heterocycles. The Morgan fingerprint density at radius 2 is 2.29 bits per heavy atom. The maximum atomic E-state index is 11.7. The molecule has 0 spiro atoms. The van der Waals surface area contributed by atoms with Crippen molar-refractivity contribution >= 4 is 5.91 Å². The van der Waals surface area contributed by atoms with E-state index < -0.39 is 0 Å². The van der Waals surface area contributed by atoms with Crippen LogP contribution in [0, 0.1) is 0 Å². The van der Waals surface area contributed by atoms with Crippen LogP contribution < -0.4 is 0 Å². The minimum absolute atomic E-state index is 0.0826. The molecular weight excluding hydrogens is 218 g/mol. The van der Waals surface area contributed by atoms with Crippen LogP contribution in [0.3, 0.4) is 0 Å². The number of carbonyl (C=O) groups excluding carboxylic acids is 1. The number of nitrogens with zero attached hydrogens (tertiary/aromatic N) is 2. The molecule has 1 fully saturated rings. The molecular formula is C12H19N3O2. The number of likely N-dealkylation sites (tertiary alicyclic amines) is 1. The minimum Gasteiger partial charge on any atom is -0.375 e. The van der Waals surface area contributed by atoms with Crippen LogP contribution in [0.4, 0.5) is 0 Å². The molecule has 0 unspecified atom stereocenters. The van der Waals surface area contributed by atoms with E-state index >= 15 is 0 Å². The highest BCUT2D eigenvalue weighted by Gasteiger charge is 2.34. The number of nitrogens with one attached hydrogen (secondary N) is 1. The lowest BCUT2D eigenvalue weighted by Gasteiger charge is -2.38. The molecule has 2 rings (SSSR count). The molecule has 1 N–H and O–H groups in total. The number of hydrogen-bond donors (Lipinski definition) is 1. The van der Waals surface area contributed by atoms with Gasteiger partial charge in [0.1, 0.15) is 6.61 Å². The van der Waals surface area contributed by atoms with E-state index in [9.17, 15) is 4.79 Å². The van der Waals surface area contributed by atoms with E-state index in [2.05, 4.69) is 17.1 Å². The van der Waals surface area contributed by atoms with Crippen LogP contribution >= 0.6 is 0 Å². The van der Waals surface area contributed by atoms with E-state index in [0.717, 1.165) is 31.6 Å². The van der Waals surface area contributed by atoms with Gasteiger partial charge in [-0.05, 0) is 18.9 Å². The van der Waals surface area contributed by atoms with Gasteiger partial charge in [-0.25, -0.2) is 0 Å². The second-order valence-electron chi connectivity index (χ2n) is 4.84. The van der Waals surface area contributed by atoms with E-state index in [-0.39, 0.29) is 17.9 Å². The average molecular weight is 237 g/mol. The zero-order valence-corrected chi connectivity index (χ0v) is 10.4. The molecule has 1 aromatic rings. The van der Waals surface area contributed by atoms with Crippen LogP contribution in [0.5, 0.6) is 0 Å². The Bertz CT molecular complexity index is 367. The molecule has 0 bridgehead atoms. The zero-order chi connectivity index (χ0) is 12.3. The van der Waals surface area contributed by atoms with E-state index in [1.165, 1.54) is 0 Å². The zero-order valence-electron chi connectivity index (χ0n) is 10.4. The van der Waals surface area contributed by atoms with Gasteiger partial charge in [-0.1, -0.05) is 6.92 Å². The molecule has 0 aromatic carbocycles. The lowest BCUT2D eigenvalue weighted by molar-refractivity contribution is -0.136. The van der Waals surface area contributed by atoms with Crippen molar-refractivity contribution in [3.8, 4) is 0 Å². The van der Waals surface area contributed by atoms with Crippen molar-refractivity contribution in [1.82, 2.24) is 15.1 Å². The topological polar surface area (TPSA) is 58.2 Å². The fourth-order valence-corrected chi connectivity index (χ4v) is 2.33. The van der Waals surface area contributed by atoms with Crippen molar-refractivity contribution in [3.63, 3.8) is 0 Å². The van der Waals surface area contributed by atoms with Gasteiger partial charge >= 0.3 is 0 Å². The average Bonchev–Trinajstić information content (AvgIpc) is 2.84. The lowest BCUT2D eigenvalue weighted by Crippen LogP contribution is -2.45. The van der Waals surface area contributed by atoms with Crippen molar-refractivity contribution in [1.29, 1.82) is 0 Å². The second-order valence-corrected chi connectivity index (χ2v) is 4.84. The predicted octanol–water partition coefficient (Wildman–Crippen LogP) is 0.936. The van der Waals surface area contributed by atoms with Gasteiger partial charge in [0, 0.05) is 37.5 Å². The molecule has 17 heavy (non-hydrogen) atoms. The monoisotopic (exact) mass is 237 g/mol. The summed E-state index contributed by atoms with van der Waals surface area (Å²) in [6.45, 7) is 3.98. The summed E-state index contributed by atoms with van der Waals surface area (Å²) in [7, 11) is 1.55. The van der Waals surface area contributed by atoms with Crippen LogP contribution in [0.1, 0.15) is 25.5 Å². The molecule has 1 aliphatic rings. The molecule has 94 valence electrons. The van der Waals surface area contributed by atoms with Crippen molar-refractivity contribution in [2.75, 3.05) is 26.8 Å². The molecule has 0 radical (unpaired) electrons. The maximum absolute atomic E-state index is 11.7. The van der Waals surface area contributed by atoms with Crippen molar-refractivity contribution in [2.24, 2.45) is 0 Å². The summed E-state index contributed by atoms with van der Waals surface area (Å²) in [5.41, 5.74) is 1.27. The SMILES string of the molecule is COCC(=O)N1CCC(C)(c2ccn[nH]2)CC1. The molecule has 5 nitrogen and oxygen atoms in total. The van der Waals surface area contributed by atoms with Crippen LogP contribution in [0.15, 0.2) is 12.3 Å². The first-order chi connectivity index (χ1) is 8.15. The summed E-state index contributed by atoms with van der Waals surface area (Å²) < 4.78 is 4.87. The summed E-state index contributed by atoms with van der Waals surface area (Å²) in [6, 6.07) is 2.02. The van der Waals surface area contributed by atoms with Crippen molar-refractivity contribution < 1.29 is 9.53 Å². The van der Waals surface area contributed by atoms with Gasteiger partial charge in [-0.2, -0.15) is 5.10 Å². The number of aromatic amines is 1. The highest BCUT2D eigenvalue weighted by molar-refractivity contribution is 5.77. The molecule has 1 aliphatic heterocycles. The number of piperidine rings is 1. The molecule has 0 saturated carbocycles. The first-order valence-corrected chi connectivity index (χ1v) is 5.92. The van der Waals surface area contributed by atoms with Gasteiger partial charge in [0.2, 0.25) is 5.91 Å². The third-order valence-electron chi connectivity index (χ3n) is 3.64. The first kappa shape index (κ1) is 12.1. The molecule has 1 saturated heterocycles. The number of methoxy groups -OCH3 is 1. The largest absolute Gasteiger partial charge is 0.375 e. The Balaban J connectivity index is 1.96. The number of hydrogen-bond acceptors (Lipinski definition) is 3. The van der Waals surface area contributed by atoms with Crippen molar-refractivity contribution in [2.45, 2.75) is 25.2 Å². The first-order valence-electron chi connectivity index (χ1n) is 5.92. The minimum atomic E-state index is 0.0826. The van der Waals surface area contributed by atoms with Crippen LogP contribution in [-0.4, -0.2) is 47.8 Å². The molecule has 1 amide bonds. The van der Waals surface area contributed by atoms with Gasteiger partial charge in [0.25, 0.3) is 0 Å². The number of amides is 1. The van der Waals surface area contributed by atoms with E-state index in [4.69, 9.17) is 4.74 Å². The summed E-state index contributed by atoms with van der Waals surface area (Å²) in [5.74, 6) is 0.0826. The molecule has 0 atom stereocenters. The normalized spacial score (nSPS) is 19.3. The third kappa shape index (κ3) is 2.49. The van der Waals surface area contributed by atoms with Crippen molar-refractivity contribution in [3.05, 3.63) is 18.0 Å². The number of H-pyrrole nitrogens is 1. The highest BCUT2D eigenvalue weighted by atomic mass is 16.5. The van der Waals surface area contributed by atoms with Gasteiger partial charge in [0.05, 0.1) is 0 Å². The van der Waals surface area contributed by atoms with E-state index in [1.54, 1.807) is 13.3 Å². The highest BCUT2D eigenvalue weighted by Crippen LogP contribution is 2.33. The van der Waals surface area contributed by atoms with Gasteiger partial charge in [0.15, 0.2) is 0 Å². The summed E-state index contributed by atoms with van der Waals surface area (Å²) in [5, 5.41) is 7.04. The van der Waals surface area contributed by atoms with Crippen LogP contribution in [0.25, 0.3) is 0 Å².